The van der Waals surface area contributed by atoms with E-state index in [1.54, 1.807) is 34.1 Å². The van der Waals surface area contributed by atoms with Gasteiger partial charge in [-0.1, -0.05) is 12.1 Å². The first-order chi connectivity index (χ1) is 15.0. The van der Waals surface area contributed by atoms with Crippen molar-refractivity contribution in [1.82, 2.24) is 10.2 Å². The minimum absolute atomic E-state index is 0.0412. The van der Waals surface area contributed by atoms with Gasteiger partial charge in [-0.2, -0.15) is 0 Å². The number of carbonyl (C=O) groups is 3. The number of hydrogen-bond acceptors (Lipinski definition) is 3. The zero-order valence-corrected chi connectivity index (χ0v) is 17.4. The summed E-state index contributed by atoms with van der Waals surface area (Å²) in [7, 11) is 0. The third-order valence-corrected chi connectivity index (χ3v) is 5.99. The van der Waals surface area contributed by atoms with Crippen LogP contribution in [-0.4, -0.2) is 48.3 Å². The van der Waals surface area contributed by atoms with Crippen molar-refractivity contribution in [3.05, 3.63) is 65.5 Å². The molecule has 0 saturated carbocycles. The van der Waals surface area contributed by atoms with Crippen molar-refractivity contribution < 1.29 is 18.8 Å². The molecule has 2 aliphatic heterocycles. The Labute approximate surface area is 181 Å². The highest BCUT2D eigenvalue weighted by Crippen LogP contribution is 2.22. The molecule has 0 radical (unpaired) electrons. The molecule has 0 spiro atoms. The number of hydrogen-bond donors (Lipinski definition) is 1. The lowest BCUT2D eigenvalue weighted by molar-refractivity contribution is -0.119. The fourth-order valence-corrected chi connectivity index (χ4v) is 4.17. The number of rotatable bonds is 4. The highest BCUT2D eigenvalue weighted by atomic mass is 19.1. The number of amides is 3. The van der Waals surface area contributed by atoms with Crippen LogP contribution in [0.1, 0.15) is 52.8 Å². The largest absolute Gasteiger partial charge is 0.349 e. The minimum atomic E-state index is -0.516. The van der Waals surface area contributed by atoms with Gasteiger partial charge in [0.1, 0.15) is 5.82 Å². The number of nitrogens with one attached hydrogen (secondary N) is 1. The summed E-state index contributed by atoms with van der Waals surface area (Å²) in [6.45, 7) is 1.65. The first kappa shape index (κ1) is 21.0. The molecule has 2 heterocycles. The van der Waals surface area contributed by atoms with Crippen molar-refractivity contribution in [2.45, 2.75) is 38.1 Å². The molecule has 0 aromatic heterocycles. The number of nitrogens with zero attached hydrogens (tertiary/aromatic N) is 2. The predicted octanol–water partition coefficient (Wildman–Crippen LogP) is 3.38. The fourth-order valence-electron chi connectivity index (χ4n) is 4.17. The number of benzene rings is 2. The second kappa shape index (κ2) is 9.29. The highest BCUT2D eigenvalue weighted by Gasteiger charge is 2.26. The molecule has 0 unspecified atom stereocenters. The van der Waals surface area contributed by atoms with E-state index in [9.17, 15) is 18.8 Å². The molecule has 0 atom stereocenters. The molecule has 2 saturated heterocycles. The second-order valence-corrected chi connectivity index (χ2v) is 8.07. The summed E-state index contributed by atoms with van der Waals surface area (Å²) in [4.78, 5) is 40.6. The molecular weight excluding hydrogens is 397 g/mol. The number of piperidine rings is 2. The molecule has 2 aromatic carbocycles. The van der Waals surface area contributed by atoms with Crippen molar-refractivity contribution in [2.75, 3.05) is 24.5 Å². The standard InChI is InChI=1S/C24H26FN3O3/c25-21-6-2-1-5-20(21)24(31)27-15-12-18(13-16-27)26-23(30)17-8-10-19(11-9-17)28-14-4-3-7-22(28)29/h1-2,5-6,8-11,18H,3-4,7,12-16H2,(H,26,30). The van der Waals surface area contributed by atoms with Gasteiger partial charge in [0.05, 0.1) is 5.56 Å². The number of anilines is 1. The van der Waals surface area contributed by atoms with Crippen LogP contribution >= 0.6 is 0 Å². The molecule has 6 nitrogen and oxygen atoms in total. The Kier molecular flexibility index (Phi) is 6.30. The topological polar surface area (TPSA) is 69.7 Å². The van der Waals surface area contributed by atoms with E-state index in [1.165, 1.54) is 12.1 Å². The van der Waals surface area contributed by atoms with Crippen molar-refractivity contribution in [2.24, 2.45) is 0 Å². The monoisotopic (exact) mass is 423 g/mol. The van der Waals surface area contributed by atoms with Crippen molar-refractivity contribution in [1.29, 1.82) is 0 Å². The summed E-state index contributed by atoms with van der Waals surface area (Å²) < 4.78 is 13.9. The summed E-state index contributed by atoms with van der Waals surface area (Å²) in [5, 5.41) is 3.02. The Morgan fingerprint density at radius 2 is 1.65 bits per heavy atom. The Morgan fingerprint density at radius 3 is 2.32 bits per heavy atom. The van der Waals surface area contributed by atoms with E-state index in [2.05, 4.69) is 5.32 Å². The molecule has 0 bridgehead atoms. The van der Waals surface area contributed by atoms with Crippen LogP contribution in [0.15, 0.2) is 48.5 Å². The van der Waals surface area contributed by atoms with E-state index in [1.807, 2.05) is 12.1 Å². The average Bonchev–Trinajstić information content (AvgIpc) is 2.80. The minimum Gasteiger partial charge on any atom is -0.349 e. The van der Waals surface area contributed by atoms with Gasteiger partial charge in [-0.25, -0.2) is 4.39 Å². The van der Waals surface area contributed by atoms with E-state index >= 15 is 0 Å². The maximum atomic E-state index is 13.9. The quantitative estimate of drug-likeness (QED) is 0.820. The molecule has 31 heavy (non-hydrogen) atoms. The summed E-state index contributed by atoms with van der Waals surface area (Å²) >= 11 is 0. The van der Waals surface area contributed by atoms with Crippen LogP contribution in [0.25, 0.3) is 0 Å². The van der Waals surface area contributed by atoms with E-state index in [0.717, 1.165) is 18.5 Å². The van der Waals surface area contributed by atoms with Gasteiger partial charge in [-0.05, 0) is 62.1 Å². The van der Waals surface area contributed by atoms with Gasteiger partial charge >= 0.3 is 0 Å². The normalized spacial score (nSPS) is 17.5. The van der Waals surface area contributed by atoms with E-state index in [-0.39, 0.29) is 29.3 Å². The van der Waals surface area contributed by atoms with Crippen LogP contribution in [0.2, 0.25) is 0 Å². The lowest BCUT2D eigenvalue weighted by Crippen LogP contribution is -2.46. The highest BCUT2D eigenvalue weighted by molar-refractivity contribution is 5.97. The molecular formula is C24H26FN3O3. The van der Waals surface area contributed by atoms with Crippen molar-refractivity contribution in [3.63, 3.8) is 0 Å². The van der Waals surface area contributed by atoms with Crippen LogP contribution < -0.4 is 10.2 Å². The molecule has 4 rings (SSSR count). The first-order valence-electron chi connectivity index (χ1n) is 10.8. The molecule has 2 aliphatic rings. The van der Waals surface area contributed by atoms with Crippen molar-refractivity contribution >= 4 is 23.4 Å². The van der Waals surface area contributed by atoms with Crippen LogP contribution in [0.4, 0.5) is 10.1 Å². The average molecular weight is 423 g/mol. The molecule has 1 N–H and O–H groups in total. The SMILES string of the molecule is O=C(NC1CCN(C(=O)c2ccccc2F)CC1)c1ccc(N2CCCCC2=O)cc1. The second-order valence-electron chi connectivity index (χ2n) is 8.07. The molecule has 2 fully saturated rings. The summed E-state index contributed by atoms with van der Waals surface area (Å²) in [6.07, 6.45) is 3.73. The van der Waals surface area contributed by atoms with E-state index < -0.39 is 5.82 Å². The number of likely N-dealkylation sites (tertiary alicyclic amines) is 1. The predicted molar refractivity (Wildman–Crippen MR) is 115 cm³/mol. The maximum absolute atomic E-state index is 13.9. The smallest absolute Gasteiger partial charge is 0.256 e. The fraction of sp³-hybridized carbons (Fsp3) is 0.375. The summed E-state index contributed by atoms with van der Waals surface area (Å²) in [5.74, 6) is -0.876. The Hall–Kier alpha value is -3.22. The van der Waals surface area contributed by atoms with Gasteiger partial charge in [0, 0.05) is 43.3 Å². The Bertz CT molecular complexity index is 968. The van der Waals surface area contributed by atoms with Crippen LogP contribution in [0.5, 0.6) is 0 Å². The molecule has 2 aromatic rings. The van der Waals surface area contributed by atoms with Gasteiger partial charge < -0.3 is 15.1 Å². The van der Waals surface area contributed by atoms with Crippen LogP contribution in [-0.2, 0) is 4.79 Å². The van der Waals surface area contributed by atoms with E-state index in [0.29, 0.717) is 44.5 Å². The Morgan fingerprint density at radius 1 is 0.935 bits per heavy atom. The van der Waals surface area contributed by atoms with Crippen molar-refractivity contribution in [3.8, 4) is 0 Å². The third-order valence-electron chi connectivity index (χ3n) is 5.99. The van der Waals surface area contributed by atoms with Gasteiger partial charge in [-0.3, -0.25) is 14.4 Å². The maximum Gasteiger partial charge on any atom is 0.256 e. The Balaban J connectivity index is 1.30. The van der Waals surface area contributed by atoms with Gasteiger partial charge in [0.25, 0.3) is 11.8 Å². The lowest BCUT2D eigenvalue weighted by atomic mass is 10.0. The molecule has 162 valence electrons. The number of carbonyl (C=O) groups excluding carboxylic acids is 3. The third kappa shape index (κ3) is 4.76. The van der Waals surface area contributed by atoms with Gasteiger partial charge in [-0.15, -0.1) is 0 Å². The van der Waals surface area contributed by atoms with Crippen LogP contribution in [0, 0.1) is 5.82 Å². The zero-order chi connectivity index (χ0) is 21.8. The molecule has 0 aliphatic carbocycles. The van der Waals surface area contributed by atoms with E-state index in [4.69, 9.17) is 0 Å². The van der Waals surface area contributed by atoms with Gasteiger partial charge in [0.15, 0.2) is 0 Å². The zero-order valence-electron chi connectivity index (χ0n) is 17.4. The molecule has 7 heteroatoms. The van der Waals surface area contributed by atoms with Crippen LogP contribution in [0.3, 0.4) is 0 Å². The van der Waals surface area contributed by atoms with Gasteiger partial charge in [0.2, 0.25) is 5.91 Å². The first-order valence-corrected chi connectivity index (χ1v) is 10.8. The number of halogens is 1. The summed E-state index contributed by atoms with van der Waals surface area (Å²) in [5.41, 5.74) is 1.44. The lowest BCUT2D eigenvalue weighted by Gasteiger charge is -2.32. The summed E-state index contributed by atoms with van der Waals surface area (Å²) in [6, 6.07) is 13.1. The molecule has 3 amide bonds.